The molecule has 1 aromatic heterocycles. The maximum Gasteiger partial charge on any atom is 0.341 e. The van der Waals surface area contributed by atoms with Gasteiger partial charge in [-0.15, -0.1) is 0 Å². The molecule has 0 saturated heterocycles. The van der Waals surface area contributed by atoms with E-state index in [1.54, 1.807) is 36.0 Å². The van der Waals surface area contributed by atoms with Gasteiger partial charge in [0.1, 0.15) is 5.75 Å². The Morgan fingerprint density at radius 3 is 2.61 bits per heavy atom. The lowest BCUT2D eigenvalue weighted by atomic mass is 10.2. The third-order valence-corrected chi connectivity index (χ3v) is 5.36. The van der Waals surface area contributed by atoms with Crippen molar-refractivity contribution in [2.45, 2.75) is 18.7 Å². The van der Waals surface area contributed by atoms with Gasteiger partial charge in [0.2, 0.25) is 0 Å². The molecular weight excluding hydrogens is 382 g/mol. The molecular formula is C19H19N3O5S. The van der Waals surface area contributed by atoms with Crippen LogP contribution < -0.4 is 9.46 Å². The van der Waals surface area contributed by atoms with Crippen LogP contribution in [0, 0.1) is 13.8 Å². The third kappa shape index (κ3) is 4.32. The zero-order chi connectivity index (χ0) is 20.3. The molecule has 28 heavy (non-hydrogen) atoms. The first kappa shape index (κ1) is 19.4. The van der Waals surface area contributed by atoms with Crippen molar-refractivity contribution in [2.24, 2.45) is 0 Å². The number of hydrogen-bond donors (Lipinski definition) is 2. The number of carboxylic acid groups (broad SMARTS) is 1. The second-order valence-electron chi connectivity index (χ2n) is 6.15. The lowest BCUT2D eigenvalue weighted by Crippen LogP contribution is -2.14. The molecule has 0 atom stereocenters. The highest BCUT2D eigenvalue weighted by Crippen LogP contribution is 2.24. The second-order valence-corrected chi connectivity index (χ2v) is 7.83. The number of aliphatic carboxylic acids is 1. The summed E-state index contributed by atoms with van der Waals surface area (Å²) in [6.07, 6.45) is 1.67. The van der Waals surface area contributed by atoms with Gasteiger partial charge in [-0.3, -0.25) is 4.72 Å². The smallest absolute Gasteiger partial charge is 0.341 e. The maximum atomic E-state index is 12.7. The minimum absolute atomic E-state index is 0.0494. The molecule has 0 aliphatic rings. The highest BCUT2D eigenvalue weighted by atomic mass is 32.2. The molecule has 0 spiro atoms. The number of hydrogen-bond acceptors (Lipinski definition) is 5. The number of anilines is 1. The fourth-order valence-corrected chi connectivity index (χ4v) is 3.78. The summed E-state index contributed by atoms with van der Waals surface area (Å²) in [7, 11) is -3.83. The minimum Gasteiger partial charge on any atom is -0.482 e. The molecule has 0 fully saturated rings. The van der Waals surface area contributed by atoms with Gasteiger partial charge in [0, 0.05) is 11.9 Å². The minimum atomic E-state index is -3.83. The summed E-state index contributed by atoms with van der Waals surface area (Å²) in [5, 5.41) is 12.9. The van der Waals surface area contributed by atoms with Gasteiger partial charge in [0.25, 0.3) is 10.0 Å². The molecule has 0 unspecified atom stereocenters. The van der Waals surface area contributed by atoms with Gasteiger partial charge < -0.3 is 9.84 Å². The predicted octanol–water partition coefficient (Wildman–Crippen LogP) is 2.75. The van der Waals surface area contributed by atoms with Gasteiger partial charge in [0.05, 0.1) is 16.3 Å². The summed E-state index contributed by atoms with van der Waals surface area (Å²) in [6.45, 7) is 3.06. The fourth-order valence-electron chi connectivity index (χ4n) is 2.65. The Morgan fingerprint density at radius 1 is 1.18 bits per heavy atom. The van der Waals surface area contributed by atoms with Crippen LogP contribution in [0.1, 0.15) is 11.3 Å². The average molecular weight is 401 g/mol. The highest BCUT2D eigenvalue weighted by Gasteiger charge is 2.16. The summed E-state index contributed by atoms with van der Waals surface area (Å²) in [4.78, 5) is 10.7. The van der Waals surface area contributed by atoms with Crippen molar-refractivity contribution >= 4 is 21.7 Å². The predicted molar refractivity (Wildman–Crippen MR) is 103 cm³/mol. The monoisotopic (exact) mass is 401 g/mol. The largest absolute Gasteiger partial charge is 0.482 e. The van der Waals surface area contributed by atoms with Crippen molar-refractivity contribution in [3.8, 4) is 11.4 Å². The first-order chi connectivity index (χ1) is 13.3. The topological polar surface area (TPSA) is 111 Å². The molecule has 2 N–H and O–H groups in total. The van der Waals surface area contributed by atoms with E-state index in [4.69, 9.17) is 9.84 Å². The van der Waals surface area contributed by atoms with Gasteiger partial charge in [0.15, 0.2) is 6.61 Å². The molecule has 0 aliphatic heterocycles. The Bertz CT molecular complexity index is 1120. The van der Waals surface area contributed by atoms with E-state index in [1.165, 1.54) is 18.2 Å². The van der Waals surface area contributed by atoms with Gasteiger partial charge in [-0.05, 0) is 61.9 Å². The molecule has 9 heteroatoms. The third-order valence-electron chi connectivity index (χ3n) is 3.98. The number of nitrogens with one attached hydrogen (secondary N) is 1. The van der Waals surface area contributed by atoms with Crippen molar-refractivity contribution in [3.05, 3.63) is 66.0 Å². The lowest BCUT2D eigenvalue weighted by Gasteiger charge is -2.12. The zero-order valence-corrected chi connectivity index (χ0v) is 16.1. The summed E-state index contributed by atoms with van der Waals surface area (Å²) in [5.41, 5.74) is 2.57. The Morgan fingerprint density at radius 2 is 1.96 bits per heavy atom. The van der Waals surface area contributed by atoms with Crippen molar-refractivity contribution in [2.75, 3.05) is 11.3 Å². The summed E-state index contributed by atoms with van der Waals surface area (Å²) in [5.74, 6) is -0.789. The molecule has 3 rings (SSSR count). The Labute approximate surface area is 162 Å². The van der Waals surface area contributed by atoms with Gasteiger partial charge in [-0.2, -0.15) is 5.10 Å². The van der Waals surface area contributed by atoms with Gasteiger partial charge >= 0.3 is 5.97 Å². The summed E-state index contributed by atoms with van der Waals surface area (Å²) in [6, 6.07) is 13.0. The van der Waals surface area contributed by atoms with Crippen LogP contribution in [0.4, 0.5) is 5.69 Å². The average Bonchev–Trinajstić information content (AvgIpc) is 3.06. The Balaban J connectivity index is 1.83. The van der Waals surface area contributed by atoms with Crippen LogP contribution in [0.15, 0.2) is 59.6 Å². The highest BCUT2D eigenvalue weighted by molar-refractivity contribution is 7.92. The number of rotatable bonds is 7. The van der Waals surface area contributed by atoms with Crippen LogP contribution >= 0.6 is 0 Å². The number of ether oxygens (including phenoxy) is 1. The molecule has 3 aromatic rings. The van der Waals surface area contributed by atoms with Crippen LogP contribution in [-0.2, 0) is 14.8 Å². The first-order valence-corrected chi connectivity index (χ1v) is 9.84. The molecule has 146 valence electrons. The second kappa shape index (κ2) is 7.73. The summed E-state index contributed by atoms with van der Waals surface area (Å²) >= 11 is 0. The lowest BCUT2D eigenvalue weighted by molar-refractivity contribution is -0.139. The van der Waals surface area contributed by atoms with Crippen LogP contribution in [0.25, 0.3) is 5.69 Å². The molecule has 1 heterocycles. The van der Waals surface area contributed by atoms with Crippen molar-refractivity contribution in [1.82, 2.24) is 9.78 Å². The fraction of sp³-hybridized carbons (Fsp3) is 0.158. The van der Waals surface area contributed by atoms with Gasteiger partial charge in [-0.1, -0.05) is 6.07 Å². The number of aromatic nitrogens is 2. The molecule has 2 aromatic carbocycles. The molecule has 0 radical (unpaired) electrons. The van der Waals surface area contributed by atoms with E-state index in [1.807, 2.05) is 19.1 Å². The summed E-state index contributed by atoms with van der Waals surface area (Å²) < 4.78 is 34.8. The molecule has 0 aliphatic carbocycles. The molecule has 8 nitrogen and oxygen atoms in total. The molecule has 0 saturated carbocycles. The molecule has 0 amide bonds. The zero-order valence-electron chi connectivity index (χ0n) is 15.3. The first-order valence-electron chi connectivity index (χ1n) is 8.35. The number of benzene rings is 2. The van der Waals surface area contributed by atoms with Gasteiger partial charge in [-0.25, -0.2) is 17.9 Å². The van der Waals surface area contributed by atoms with E-state index in [0.717, 1.165) is 11.4 Å². The SMILES string of the molecule is Cc1cc(S(=O)(=O)Nc2cccc(-n3nccc3C)c2)ccc1OCC(=O)O. The van der Waals surface area contributed by atoms with E-state index in [-0.39, 0.29) is 4.90 Å². The number of carboxylic acids is 1. The van der Waals surface area contributed by atoms with Crippen molar-refractivity contribution in [1.29, 1.82) is 0 Å². The van der Waals surface area contributed by atoms with Crippen LogP contribution in [0.2, 0.25) is 0 Å². The van der Waals surface area contributed by atoms with Crippen LogP contribution in [-0.4, -0.2) is 35.9 Å². The van der Waals surface area contributed by atoms with E-state index in [2.05, 4.69) is 9.82 Å². The van der Waals surface area contributed by atoms with E-state index >= 15 is 0 Å². The van der Waals surface area contributed by atoms with Crippen molar-refractivity contribution in [3.63, 3.8) is 0 Å². The van der Waals surface area contributed by atoms with Crippen LogP contribution in [0.5, 0.6) is 5.75 Å². The van der Waals surface area contributed by atoms with E-state index < -0.39 is 22.6 Å². The number of sulfonamides is 1. The Kier molecular flexibility index (Phi) is 5.36. The van der Waals surface area contributed by atoms with Crippen molar-refractivity contribution < 1.29 is 23.1 Å². The maximum absolute atomic E-state index is 12.7. The molecule has 0 bridgehead atoms. The standard InChI is InChI=1S/C19H19N3O5S/c1-13-10-17(6-7-18(13)27-12-19(23)24)28(25,26)21-15-4-3-5-16(11-15)22-14(2)8-9-20-22/h3-11,21H,12H2,1-2H3,(H,23,24). The van der Waals surface area contributed by atoms with E-state index in [0.29, 0.717) is 17.0 Å². The van der Waals surface area contributed by atoms with Crippen LogP contribution in [0.3, 0.4) is 0 Å². The Hall–Kier alpha value is -3.33. The number of carbonyl (C=O) groups is 1. The van der Waals surface area contributed by atoms with E-state index in [9.17, 15) is 13.2 Å². The normalized spacial score (nSPS) is 11.2. The quantitative estimate of drug-likeness (QED) is 0.630. The number of nitrogens with zero attached hydrogens (tertiary/aromatic N) is 2. The number of aryl methyl sites for hydroxylation is 2.